The maximum absolute atomic E-state index is 12.3. The third kappa shape index (κ3) is 7.16. The highest BCUT2D eigenvalue weighted by molar-refractivity contribution is 9.09. The van der Waals surface area contributed by atoms with E-state index in [0.29, 0.717) is 16.7 Å². The molecule has 0 spiro atoms. The second-order valence-corrected chi connectivity index (χ2v) is 7.81. The van der Waals surface area contributed by atoms with Crippen LogP contribution in [0.15, 0.2) is 24.3 Å². The lowest BCUT2D eigenvalue weighted by Gasteiger charge is -2.34. The first-order chi connectivity index (χ1) is 12.1. The molecule has 0 bridgehead atoms. The Labute approximate surface area is 163 Å². The molecule has 0 heterocycles. The van der Waals surface area contributed by atoms with Crippen LogP contribution in [0, 0.1) is 5.92 Å². The van der Waals surface area contributed by atoms with Crippen LogP contribution in [0.2, 0.25) is 5.02 Å². The van der Waals surface area contributed by atoms with E-state index >= 15 is 0 Å². The minimum Gasteiger partial charge on any atom is -0.410 e. The molecule has 0 radical (unpaired) electrons. The summed E-state index contributed by atoms with van der Waals surface area (Å²) in [6.45, 7) is 1.69. The molecule has 2 rings (SSSR count). The molecule has 1 aromatic carbocycles. The van der Waals surface area contributed by atoms with Crippen molar-refractivity contribution in [3.8, 4) is 5.75 Å². The second-order valence-electron chi connectivity index (χ2n) is 6.58. The zero-order valence-corrected chi connectivity index (χ0v) is 17.1. The highest BCUT2D eigenvalue weighted by Crippen LogP contribution is 2.28. The summed E-state index contributed by atoms with van der Waals surface area (Å²) in [7, 11) is 1.82. The zero-order chi connectivity index (χ0) is 18.1. The van der Waals surface area contributed by atoms with E-state index in [-0.39, 0.29) is 12.1 Å². The molecule has 1 saturated carbocycles. The monoisotopic (exact) mass is 431 g/mol. The normalized spacial score (nSPS) is 20.3. The van der Waals surface area contributed by atoms with Crippen LogP contribution in [0.3, 0.4) is 0 Å². The number of unbranched alkanes of at least 4 members (excludes halogenated alkanes) is 1. The van der Waals surface area contributed by atoms with Crippen LogP contribution < -0.4 is 4.74 Å². The molecular weight excluding hydrogens is 406 g/mol. The lowest BCUT2D eigenvalue weighted by atomic mass is 9.86. The van der Waals surface area contributed by atoms with Gasteiger partial charge in [-0.15, -0.1) is 0 Å². The molecule has 1 aliphatic carbocycles. The number of amides is 1. The molecule has 1 aromatic rings. The van der Waals surface area contributed by atoms with Crippen molar-refractivity contribution in [3.63, 3.8) is 0 Å². The van der Waals surface area contributed by atoms with Gasteiger partial charge in [-0.2, -0.15) is 0 Å². The Morgan fingerprint density at radius 1 is 1.20 bits per heavy atom. The second kappa shape index (κ2) is 11.0. The summed E-state index contributed by atoms with van der Waals surface area (Å²) in [4.78, 5) is 14.0. The van der Waals surface area contributed by atoms with Gasteiger partial charge < -0.3 is 14.4 Å². The molecular formula is C19H27BrClNO3. The smallest absolute Gasteiger partial charge is 0.410 e. The average Bonchev–Trinajstić information content (AvgIpc) is 2.63. The van der Waals surface area contributed by atoms with Crippen LogP contribution in [-0.2, 0) is 4.74 Å². The van der Waals surface area contributed by atoms with E-state index in [1.54, 1.807) is 29.2 Å². The van der Waals surface area contributed by atoms with Gasteiger partial charge in [0.1, 0.15) is 5.75 Å². The number of nitrogens with zero attached hydrogens (tertiary/aromatic N) is 1. The predicted octanol–water partition coefficient (Wildman–Crippen LogP) is 5.52. The Bertz CT molecular complexity index is 518. The summed E-state index contributed by atoms with van der Waals surface area (Å²) in [6.07, 6.45) is 6.16. The summed E-state index contributed by atoms with van der Waals surface area (Å²) in [5.41, 5.74) is 0. The van der Waals surface area contributed by atoms with E-state index < -0.39 is 0 Å². The number of carbonyl (C=O) groups excluding carboxylic acids is 1. The SMILES string of the molecule is CN(C(=O)Oc1ccc(Cl)cc1)[C@H]1CC[C@H](COCCCCBr)CC1. The van der Waals surface area contributed by atoms with Gasteiger partial charge in [0.2, 0.25) is 0 Å². The number of hydrogen-bond acceptors (Lipinski definition) is 3. The van der Waals surface area contributed by atoms with Crippen molar-refractivity contribution in [2.45, 2.75) is 44.6 Å². The Kier molecular flexibility index (Phi) is 9.07. The van der Waals surface area contributed by atoms with Crippen LogP contribution in [0.1, 0.15) is 38.5 Å². The number of benzene rings is 1. The van der Waals surface area contributed by atoms with Crippen molar-refractivity contribution in [3.05, 3.63) is 29.3 Å². The summed E-state index contributed by atoms with van der Waals surface area (Å²) >= 11 is 9.27. The summed E-state index contributed by atoms with van der Waals surface area (Å²) in [5.74, 6) is 1.13. The van der Waals surface area contributed by atoms with Gasteiger partial charge in [0, 0.05) is 36.7 Å². The quantitative estimate of drug-likeness (QED) is 0.401. The van der Waals surface area contributed by atoms with E-state index in [0.717, 1.165) is 57.1 Å². The maximum atomic E-state index is 12.3. The minimum atomic E-state index is -0.309. The molecule has 0 saturated heterocycles. The van der Waals surface area contributed by atoms with Crippen LogP contribution in [0.25, 0.3) is 0 Å². The number of rotatable bonds is 8. The molecule has 0 aromatic heterocycles. The molecule has 140 valence electrons. The maximum Gasteiger partial charge on any atom is 0.415 e. The van der Waals surface area contributed by atoms with Crippen molar-refractivity contribution >= 4 is 33.6 Å². The molecule has 0 N–H and O–H groups in total. The fourth-order valence-corrected chi connectivity index (χ4v) is 3.59. The molecule has 0 aliphatic heterocycles. The molecule has 4 nitrogen and oxygen atoms in total. The summed E-state index contributed by atoms with van der Waals surface area (Å²) in [5, 5.41) is 1.67. The van der Waals surface area contributed by atoms with Gasteiger partial charge in [-0.25, -0.2) is 4.79 Å². The van der Waals surface area contributed by atoms with Gasteiger partial charge in [-0.3, -0.25) is 0 Å². The summed E-state index contributed by atoms with van der Waals surface area (Å²) < 4.78 is 11.2. The molecule has 1 amide bonds. The van der Waals surface area contributed by atoms with Crippen molar-refractivity contribution in [1.29, 1.82) is 0 Å². The first kappa shape index (κ1) is 20.5. The van der Waals surface area contributed by atoms with Gasteiger partial charge in [0.15, 0.2) is 0 Å². The van der Waals surface area contributed by atoms with Crippen LogP contribution in [0.4, 0.5) is 4.79 Å². The first-order valence-corrected chi connectivity index (χ1v) is 10.4. The summed E-state index contributed by atoms with van der Waals surface area (Å²) in [6, 6.07) is 7.08. The Morgan fingerprint density at radius 3 is 2.52 bits per heavy atom. The van der Waals surface area contributed by atoms with Gasteiger partial charge in [-0.05, 0) is 68.7 Å². The number of ether oxygens (including phenoxy) is 2. The van der Waals surface area contributed by atoms with Crippen LogP contribution in [-0.4, -0.2) is 42.6 Å². The van der Waals surface area contributed by atoms with E-state index in [1.807, 2.05) is 7.05 Å². The standard InChI is InChI=1S/C19H27BrClNO3/c1-22(19(23)25-18-10-6-16(21)7-11-18)17-8-4-15(5-9-17)14-24-13-3-2-12-20/h6-7,10-11,15,17H,2-5,8-9,12-14H2,1H3/t15-,17-. The van der Waals surface area contributed by atoms with Gasteiger partial charge in [0.25, 0.3) is 0 Å². The molecule has 0 unspecified atom stereocenters. The lowest BCUT2D eigenvalue weighted by Crippen LogP contribution is -2.41. The van der Waals surface area contributed by atoms with Crippen molar-refractivity contribution in [2.24, 2.45) is 5.92 Å². The minimum absolute atomic E-state index is 0.240. The topological polar surface area (TPSA) is 38.8 Å². The lowest BCUT2D eigenvalue weighted by molar-refractivity contribution is 0.0670. The zero-order valence-electron chi connectivity index (χ0n) is 14.8. The Morgan fingerprint density at radius 2 is 1.88 bits per heavy atom. The van der Waals surface area contributed by atoms with Crippen molar-refractivity contribution < 1.29 is 14.3 Å². The van der Waals surface area contributed by atoms with Crippen molar-refractivity contribution in [2.75, 3.05) is 25.6 Å². The predicted molar refractivity (Wildman–Crippen MR) is 105 cm³/mol. The largest absolute Gasteiger partial charge is 0.415 e. The Balaban J connectivity index is 1.68. The van der Waals surface area contributed by atoms with E-state index in [2.05, 4.69) is 15.9 Å². The highest BCUT2D eigenvalue weighted by Gasteiger charge is 2.27. The van der Waals surface area contributed by atoms with Crippen molar-refractivity contribution in [1.82, 2.24) is 4.90 Å². The van der Waals surface area contributed by atoms with Crippen LogP contribution in [0.5, 0.6) is 5.75 Å². The number of halogens is 2. The molecule has 25 heavy (non-hydrogen) atoms. The Hall–Kier alpha value is -0.780. The fourth-order valence-electron chi connectivity index (χ4n) is 3.07. The third-order valence-corrected chi connectivity index (χ3v) is 5.51. The van der Waals surface area contributed by atoms with E-state index in [1.165, 1.54) is 0 Å². The van der Waals surface area contributed by atoms with Gasteiger partial charge >= 0.3 is 6.09 Å². The molecule has 1 fully saturated rings. The molecule has 0 atom stereocenters. The highest BCUT2D eigenvalue weighted by atomic mass is 79.9. The molecule has 1 aliphatic rings. The van der Waals surface area contributed by atoms with Crippen LogP contribution >= 0.6 is 27.5 Å². The average molecular weight is 433 g/mol. The van der Waals surface area contributed by atoms with Gasteiger partial charge in [0.05, 0.1) is 0 Å². The van der Waals surface area contributed by atoms with E-state index in [9.17, 15) is 4.79 Å². The third-order valence-electron chi connectivity index (χ3n) is 4.70. The first-order valence-electron chi connectivity index (χ1n) is 8.94. The number of alkyl halides is 1. The van der Waals surface area contributed by atoms with E-state index in [4.69, 9.17) is 21.1 Å². The molecule has 6 heteroatoms. The number of carbonyl (C=O) groups is 1. The van der Waals surface area contributed by atoms with Gasteiger partial charge in [-0.1, -0.05) is 27.5 Å². The fraction of sp³-hybridized carbons (Fsp3) is 0.632. The number of hydrogen-bond donors (Lipinski definition) is 0.